The standard InChI is InChI=1S/C12H17N3O3/c1-6-9(16)8-7-13-15(5)10(8)14-11(17)18-12(2,3)4/h6-7H,1H2,2-5H3,(H,14,17). The molecule has 0 aromatic carbocycles. The van der Waals surface area contributed by atoms with Gasteiger partial charge in [0.15, 0.2) is 5.78 Å². The van der Waals surface area contributed by atoms with Crippen molar-refractivity contribution in [2.24, 2.45) is 7.05 Å². The number of allylic oxidation sites excluding steroid dienone is 1. The van der Waals surface area contributed by atoms with Gasteiger partial charge in [-0.15, -0.1) is 0 Å². The summed E-state index contributed by atoms with van der Waals surface area (Å²) in [5.74, 6) is -0.0247. The van der Waals surface area contributed by atoms with E-state index in [0.717, 1.165) is 6.08 Å². The highest BCUT2D eigenvalue weighted by atomic mass is 16.6. The molecule has 0 aliphatic heterocycles. The van der Waals surface area contributed by atoms with E-state index in [1.807, 2.05) is 0 Å². The van der Waals surface area contributed by atoms with Gasteiger partial charge in [0.05, 0.1) is 11.8 Å². The maximum atomic E-state index is 11.6. The summed E-state index contributed by atoms with van der Waals surface area (Å²) in [4.78, 5) is 23.2. The van der Waals surface area contributed by atoms with Crippen LogP contribution in [0.3, 0.4) is 0 Å². The van der Waals surface area contributed by atoms with E-state index >= 15 is 0 Å². The molecule has 0 spiro atoms. The maximum absolute atomic E-state index is 11.6. The monoisotopic (exact) mass is 251 g/mol. The van der Waals surface area contributed by atoms with Crippen LogP contribution in [0, 0.1) is 0 Å². The fourth-order valence-electron chi connectivity index (χ4n) is 1.28. The summed E-state index contributed by atoms with van der Waals surface area (Å²) in [5, 5.41) is 6.41. The molecule has 1 aromatic heterocycles. The number of anilines is 1. The Labute approximate surface area is 106 Å². The molecule has 0 aliphatic rings. The van der Waals surface area contributed by atoms with Crippen LogP contribution in [0.2, 0.25) is 0 Å². The van der Waals surface area contributed by atoms with E-state index in [-0.39, 0.29) is 17.2 Å². The van der Waals surface area contributed by atoms with Crippen molar-refractivity contribution in [3.63, 3.8) is 0 Å². The van der Waals surface area contributed by atoms with Gasteiger partial charge in [-0.25, -0.2) is 4.79 Å². The Hall–Kier alpha value is -2.11. The number of nitrogens with one attached hydrogen (secondary N) is 1. The van der Waals surface area contributed by atoms with Gasteiger partial charge in [-0.2, -0.15) is 5.10 Å². The highest BCUT2D eigenvalue weighted by Gasteiger charge is 2.20. The molecule has 18 heavy (non-hydrogen) atoms. The molecule has 0 unspecified atom stereocenters. The highest BCUT2D eigenvalue weighted by molar-refractivity contribution is 6.09. The van der Waals surface area contributed by atoms with Crippen molar-refractivity contribution in [2.75, 3.05) is 5.32 Å². The minimum absolute atomic E-state index is 0.276. The first-order valence-electron chi connectivity index (χ1n) is 5.43. The first-order valence-corrected chi connectivity index (χ1v) is 5.43. The quantitative estimate of drug-likeness (QED) is 0.659. The Morgan fingerprint density at radius 2 is 2.11 bits per heavy atom. The summed E-state index contributed by atoms with van der Waals surface area (Å²) in [6.45, 7) is 8.66. The van der Waals surface area contributed by atoms with Crippen molar-refractivity contribution in [1.82, 2.24) is 9.78 Å². The molecule has 1 N–H and O–H groups in total. The third kappa shape index (κ3) is 3.44. The molecule has 0 saturated heterocycles. The van der Waals surface area contributed by atoms with Gasteiger partial charge in [0.1, 0.15) is 11.4 Å². The van der Waals surface area contributed by atoms with Crippen molar-refractivity contribution in [3.8, 4) is 0 Å². The van der Waals surface area contributed by atoms with Crippen molar-refractivity contribution < 1.29 is 14.3 Å². The number of amides is 1. The first-order chi connectivity index (χ1) is 8.24. The molecule has 0 saturated carbocycles. The van der Waals surface area contributed by atoms with Crippen molar-refractivity contribution in [3.05, 3.63) is 24.4 Å². The predicted octanol–water partition coefficient (Wildman–Crippen LogP) is 2.14. The van der Waals surface area contributed by atoms with E-state index in [4.69, 9.17) is 4.74 Å². The molecule has 0 fully saturated rings. The lowest BCUT2D eigenvalue weighted by molar-refractivity contribution is 0.0634. The number of rotatable bonds is 3. The van der Waals surface area contributed by atoms with E-state index in [2.05, 4.69) is 17.0 Å². The summed E-state index contributed by atoms with van der Waals surface area (Å²) >= 11 is 0. The summed E-state index contributed by atoms with van der Waals surface area (Å²) in [6.07, 6.45) is 1.90. The zero-order chi connectivity index (χ0) is 13.9. The van der Waals surface area contributed by atoms with Crippen molar-refractivity contribution in [1.29, 1.82) is 0 Å². The van der Waals surface area contributed by atoms with E-state index in [9.17, 15) is 9.59 Å². The molecule has 98 valence electrons. The Morgan fingerprint density at radius 1 is 1.50 bits per heavy atom. The molecule has 1 amide bonds. The summed E-state index contributed by atoms with van der Waals surface area (Å²) in [7, 11) is 1.62. The maximum Gasteiger partial charge on any atom is 0.413 e. The number of ketones is 1. The normalized spacial score (nSPS) is 10.9. The van der Waals surface area contributed by atoms with Gasteiger partial charge in [-0.1, -0.05) is 6.58 Å². The Bertz CT molecular complexity index is 483. The zero-order valence-electron chi connectivity index (χ0n) is 11.0. The molecule has 1 heterocycles. The van der Waals surface area contributed by atoms with Gasteiger partial charge in [0, 0.05) is 7.05 Å². The molecule has 0 radical (unpaired) electrons. The fourth-order valence-corrected chi connectivity index (χ4v) is 1.28. The fraction of sp³-hybridized carbons (Fsp3) is 0.417. The van der Waals surface area contributed by atoms with Crippen LogP contribution >= 0.6 is 0 Å². The average Bonchev–Trinajstić information content (AvgIpc) is 2.57. The number of hydrogen-bond acceptors (Lipinski definition) is 4. The van der Waals surface area contributed by atoms with E-state index < -0.39 is 11.7 Å². The Morgan fingerprint density at radius 3 is 2.61 bits per heavy atom. The molecule has 0 bridgehead atoms. The number of aryl methyl sites for hydroxylation is 1. The molecule has 0 atom stereocenters. The van der Waals surface area contributed by atoms with E-state index in [1.54, 1.807) is 27.8 Å². The molecular formula is C12H17N3O3. The van der Waals surface area contributed by atoms with Gasteiger partial charge >= 0.3 is 6.09 Å². The second-order valence-electron chi connectivity index (χ2n) is 4.73. The van der Waals surface area contributed by atoms with Crippen LogP contribution in [-0.4, -0.2) is 27.3 Å². The molecule has 6 nitrogen and oxygen atoms in total. The van der Waals surface area contributed by atoms with Crippen LogP contribution in [0.5, 0.6) is 0 Å². The third-order valence-corrected chi connectivity index (χ3v) is 2.01. The van der Waals surface area contributed by atoms with Crippen molar-refractivity contribution >= 4 is 17.7 Å². The first kappa shape index (κ1) is 14.0. The lowest BCUT2D eigenvalue weighted by Gasteiger charge is -2.19. The summed E-state index contributed by atoms with van der Waals surface area (Å²) in [6, 6.07) is 0. The molecule has 0 aliphatic carbocycles. The molecule has 1 aromatic rings. The average molecular weight is 251 g/mol. The van der Waals surface area contributed by atoms with Crippen LogP contribution in [0.1, 0.15) is 31.1 Å². The number of carbonyl (C=O) groups excluding carboxylic acids is 2. The number of aromatic nitrogens is 2. The SMILES string of the molecule is C=CC(=O)c1cnn(C)c1NC(=O)OC(C)(C)C. The van der Waals surface area contributed by atoms with Crippen LogP contribution in [0.4, 0.5) is 10.6 Å². The lowest BCUT2D eigenvalue weighted by Crippen LogP contribution is -2.28. The van der Waals surface area contributed by atoms with Crippen LogP contribution in [0.25, 0.3) is 0 Å². The van der Waals surface area contributed by atoms with Crippen molar-refractivity contribution in [2.45, 2.75) is 26.4 Å². The Balaban J connectivity index is 2.91. The van der Waals surface area contributed by atoms with E-state index in [1.165, 1.54) is 10.9 Å². The van der Waals surface area contributed by atoms with Gasteiger partial charge in [0.25, 0.3) is 0 Å². The number of carbonyl (C=O) groups is 2. The highest BCUT2D eigenvalue weighted by Crippen LogP contribution is 2.17. The summed E-state index contributed by atoms with van der Waals surface area (Å²) < 4.78 is 6.50. The van der Waals surface area contributed by atoms with Gasteiger partial charge in [0.2, 0.25) is 0 Å². The molecule has 1 rings (SSSR count). The second kappa shape index (κ2) is 5.03. The third-order valence-electron chi connectivity index (χ3n) is 2.01. The van der Waals surface area contributed by atoms with Gasteiger partial charge in [-0.3, -0.25) is 14.8 Å². The number of ether oxygens (including phenoxy) is 1. The van der Waals surface area contributed by atoms with E-state index in [0.29, 0.717) is 0 Å². The topological polar surface area (TPSA) is 73.2 Å². The predicted molar refractivity (Wildman–Crippen MR) is 67.6 cm³/mol. The number of nitrogens with zero attached hydrogens (tertiary/aromatic N) is 2. The lowest BCUT2D eigenvalue weighted by atomic mass is 10.2. The van der Waals surface area contributed by atoms with Crippen LogP contribution < -0.4 is 5.32 Å². The minimum Gasteiger partial charge on any atom is -0.444 e. The molecular weight excluding hydrogens is 234 g/mol. The second-order valence-corrected chi connectivity index (χ2v) is 4.73. The molecule has 6 heteroatoms. The number of hydrogen-bond donors (Lipinski definition) is 1. The van der Waals surface area contributed by atoms with Crippen LogP contribution in [-0.2, 0) is 11.8 Å². The smallest absolute Gasteiger partial charge is 0.413 e. The largest absolute Gasteiger partial charge is 0.444 e. The van der Waals surface area contributed by atoms with Gasteiger partial charge < -0.3 is 4.74 Å². The van der Waals surface area contributed by atoms with Gasteiger partial charge in [-0.05, 0) is 26.8 Å². The Kier molecular flexibility index (Phi) is 3.90. The van der Waals surface area contributed by atoms with Crippen LogP contribution in [0.15, 0.2) is 18.9 Å². The zero-order valence-corrected chi connectivity index (χ0v) is 11.0. The minimum atomic E-state index is -0.635. The summed E-state index contributed by atoms with van der Waals surface area (Å²) in [5.41, 5.74) is -0.330.